The molecule has 0 aliphatic heterocycles. The maximum Gasteiger partial charge on any atom is 0.274 e. The van der Waals surface area contributed by atoms with Crippen molar-refractivity contribution in [1.29, 1.82) is 0 Å². The van der Waals surface area contributed by atoms with Crippen LogP contribution in [0.2, 0.25) is 0 Å². The first-order valence-corrected chi connectivity index (χ1v) is 7.14. The van der Waals surface area contributed by atoms with Crippen molar-refractivity contribution in [2.75, 3.05) is 10.6 Å². The van der Waals surface area contributed by atoms with Crippen LogP contribution in [0.1, 0.15) is 10.5 Å². The zero-order valence-corrected chi connectivity index (χ0v) is 12.6. The Bertz CT molecular complexity index is 913. The molecule has 0 saturated heterocycles. The van der Waals surface area contributed by atoms with Gasteiger partial charge in [-0.25, -0.2) is 23.1 Å². The molecule has 3 rings (SSSR count). The standard InChI is InChI=1S/C17H11F3N4O/c18-10-4-1-2-7-13(10)22-17-21-9-8-14(23-17)16(25)24-15-11(19)5-3-6-12(15)20/h1-9H,(H,24,25)(H,21,22,23). The van der Waals surface area contributed by atoms with Crippen molar-refractivity contribution in [2.45, 2.75) is 0 Å². The second-order valence-electron chi connectivity index (χ2n) is 4.92. The number of aromatic nitrogens is 2. The molecule has 1 aromatic heterocycles. The number of hydrogen-bond acceptors (Lipinski definition) is 4. The first kappa shape index (κ1) is 16.4. The molecule has 0 aliphatic carbocycles. The summed E-state index contributed by atoms with van der Waals surface area (Å²) in [6, 6.07) is 10.3. The number of carbonyl (C=O) groups is 1. The van der Waals surface area contributed by atoms with Gasteiger partial charge in [0.2, 0.25) is 5.95 Å². The molecule has 2 aromatic carbocycles. The Balaban J connectivity index is 1.81. The van der Waals surface area contributed by atoms with Crippen LogP contribution in [-0.2, 0) is 0 Å². The van der Waals surface area contributed by atoms with Crippen LogP contribution in [0.15, 0.2) is 54.7 Å². The monoisotopic (exact) mass is 344 g/mol. The summed E-state index contributed by atoms with van der Waals surface area (Å²) >= 11 is 0. The third-order valence-corrected chi connectivity index (χ3v) is 3.21. The van der Waals surface area contributed by atoms with E-state index in [9.17, 15) is 18.0 Å². The number of hydrogen-bond donors (Lipinski definition) is 2. The molecule has 0 aliphatic rings. The zero-order valence-electron chi connectivity index (χ0n) is 12.6. The van der Waals surface area contributed by atoms with Gasteiger partial charge in [0.05, 0.1) is 5.69 Å². The van der Waals surface area contributed by atoms with E-state index in [1.807, 2.05) is 0 Å². The Morgan fingerprint density at radius 2 is 1.56 bits per heavy atom. The number of nitrogens with zero attached hydrogens (tertiary/aromatic N) is 2. The SMILES string of the molecule is O=C(Nc1c(F)cccc1F)c1ccnc(Nc2ccccc2F)n1. The fourth-order valence-corrected chi connectivity index (χ4v) is 2.02. The molecule has 0 unspecified atom stereocenters. The minimum Gasteiger partial charge on any atom is -0.322 e. The Hall–Kier alpha value is -3.42. The molecule has 1 amide bonds. The number of carbonyl (C=O) groups excluding carboxylic acids is 1. The lowest BCUT2D eigenvalue weighted by Gasteiger charge is -2.09. The fourth-order valence-electron chi connectivity index (χ4n) is 2.02. The smallest absolute Gasteiger partial charge is 0.274 e. The Kier molecular flexibility index (Phi) is 4.60. The molecule has 0 saturated carbocycles. The average Bonchev–Trinajstić information content (AvgIpc) is 2.60. The van der Waals surface area contributed by atoms with Crippen LogP contribution in [0, 0.1) is 17.5 Å². The summed E-state index contributed by atoms with van der Waals surface area (Å²) in [6.07, 6.45) is 1.27. The van der Waals surface area contributed by atoms with Gasteiger partial charge in [-0.15, -0.1) is 0 Å². The highest BCUT2D eigenvalue weighted by molar-refractivity contribution is 6.03. The summed E-state index contributed by atoms with van der Waals surface area (Å²) in [4.78, 5) is 20.0. The van der Waals surface area contributed by atoms with Crippen molar-refractivity contribution < 1.29 is 18.0 Å². The summed E-state index contributed by atoms with van der Waals surface area (Å²) in [7, 11) is 0. The predicted molar refractivity (Wildman–Crippen MR) is 86.0 cm³/mol. The second-order valence-corrected chi connectivity index (χ2v) is 4.92. The topological polar surface area (TPSA) is 66.9 Å². The number of amides is 1. The van der Waals surface area contributed by atoms with Crippen LogP contribution in [0.3, 0.4) is 0 Å². The van der Waals surface area contributed by atoms with Gasteiger partial charge in [-0.05, 0) is 30.3 Å². The highest BCUT2D eigenvalue weighted by Gasteiger charge is 2.15. The molecule has 1 heterocycles. The summed E-state index contributed by atoms with van der Waals surface area (Å²) in [5.74, 6) is -3.21. The summed E-state index contributed by atoms with van der Waals surface area (Å²) < 4.78 is 40.8. The highest BCUT2D eigenvalue weighted by atomic mass is 19.1. The minimum atomic E-state index is -0.910. The molecular weight excluding hydrogens is 333 g/mol. The van der Waals surface area contributed by atoms with Gasteiger partial charge in [0.25, 0.3) is 5.91 Å². The van der Waals surface area contributed by atoms with Gasteiger partial charge in [0, 0.05) is 6.20 Å². The molecule has 0 atom stereocenters. The summed E-state index contributed by atoms with van der Waals surface area (Å²) in [5.41, 5.74) is -0.591. The van der Waals surface area contributed by atoms with Gasteiger partial charge in [-0.1, -0.05) is 18.2 Å². The van der Waals surface area contributed by atoms with Gasteiger partial charge >= 0.3 is 0 Å². The van der Waals surface area contributed by atoms with Gasteiger partial charge in [-0.2, -0.15) is 0 Å². The van der Waals surface area contributed by atoms with Gasteiger partial charge in [-0.3, -0.25) is 4.79 Å². The van der Waals surface area contributed by atoms with Crippen molar-refractivity contribution in [1.82, 2.24) is 9.97 Å². The van der Waals surface area contributed by atoms with E-state index >= 15 is 0 Å². The van der Waals surface area contributed by atoms with E-state index in [1.165, 1.54) is 36.5 Å². The Morgan fingerprint density at radius 3 is 2.28 bits per heavy atom. The van der Waals surface area contributed by atoms with Gasteiger partial charge in [0.1, 0.15) is 28.8 Å². The van der Waals surface area contributed by atoms with E-state index in [0.29, 0.717) is 0 Å². The van der Waals surface area contributed by atoms with Crippen molar-refractivity contribution >= 4 is 23.2 Å². The van der Waals surface area contributed by atoms with Crippen LogP contribution in [0.4, 0.5) is 30.5 Å². The molecule has 2 N–H and O–H groups in total. The van der Waals surface area contributed by atoms with E-state index in [-0.39, 0.29) is 17.3 Å². The first-order valence-electron chi connectivity index (χ1n) is 7.14. The van der Waals surface area contributed by atoms with Crippen LogP contribution in [0.5, 0.6) is 0 Å². The van der Waals surface area contributed by atoms with E-state index in [1.54, 1.807) is 6.07 Å². The van der Waals surface area contributed by atoms with Crippen LogP contribution in [-0.4, -0.2) is 15.9 Å². The molecule has 5 nitrogen and oxygen atoms in total. The maximum atomic E-state index is 13.6. The van der Waals surface area contributed by atoms with Crippen molar-refractivity contribution in [3.63, 3.8) is 0 Å². The van der Waals surface area contributed by atoms with Crippen molar-refractivity contribution in [3.05, 3.63) is 77.9 Å². The quantitative estimate of drug-likeness (QED) is 0.753. The molecule has 0 bridgehead atoms. The van der Waals surface area contributed by atoms with Crippen LogP contribution >= 0.6 is 0 Å². The van der Waals surface area contributed by atoms with E-state index < -0.39 is 29.0 Å². The number of nitrogens with one attached hydrogen (secondary N) is 2. The number of halogens is 3. The molecule has 0 spiro atoms. The number of benzene rings is 2. The van der Waals surface area contributed by atoms with E-state index in [0.717, 1.165) is 12.1 Å². The van der Waals surface area contributed by atoms with Gasteiger partial charge < -0.3 is 10.6 Å². The molecule has 25 heavy (non-hydrogen) atoms. The van der Waals surface area contributed by atoms with Gasteiger partial charge in [0.15, 0.2) is 0 Å². The molecule has 0 fully saturated rings. The highest BCUT2D eigenvalue weighted by Crippen LogP contribution is 2.20. The lowest BCUT2D eigenvalue weighted by Crippen LogP contribution is -2.16. The van der Waals surface area contributed by atoms with E-state index in [4.69, 9.17) is 0 Å². The largest absolute Gasteiger partial charge is 0.322 e. The number of para-hydroxylation sites is 2. The third kappa shape index (κ3) is 3.74. The lowest BCUT2D eigenvalue weighted by atomic mass is 10.2. The average molecular weight is 344 g/mol. The first-order chi connectivity index (χ1) is 12.0. The summed E-state index contributed by atoms with van der Waals surface area (Å²) in [5, 5.41) is 4.74. The van der Waals surface area contributed by atoms with Crippen molar-refractivity contribution in [2.24, 2.45) is 0 Å². The Labute approximate surface area is 140 Å². The Morgan fingerprint density at radius 1 is 0.880 bits per heavy atom. The normalized spacial score (nSPS) is 10.4. The van der Waals surface area contributed by atoms with Crippen molar-refractivity contribution in [3.8, 4) is 0 Å². The predicted octanol–water partition coefficient (Wildman–Crippen LogP) is 3.89. The fraction of sp³-hybridized carbons (Fsp3) is 0. The zero-order chi connectivity index (χ0) is 17.8. The molecule has 3 aromatic rings. The maximum absolute atomic E-state index is 13.6. The number of rotatable bonds is 4. The molecule has 0 radical (unpaired) electrons. The third-order valence-electron chi connectivity index (χ3n) is 3.21. The molecule has 8 heteroatoms. The summed E-state index contributed by atoms with van der Waals surface area (Å²) in [6.45, 7) is 0. The van der Waals surface area contributed by atoms with Crippen LogP contribution < -0.4 is 10.6 Å². The van der Waals surface area contributed by atoms with Crippen LogP contribution in [0.25, 0.3) is 0 Å². The molecular formula is C17H11F3N4O. The molecule has 126 valence electrons. The lowest BCUT2D eigenvalue weighted by molar-refractivity contribution is 0.102. The minimum absolute atomic E-state index is 0.0354. The second kappa shape index (κ2) is 7.00. The number of anilines is 3. The van der Waals surface area contributed by atoms with E-state index in [2.05, 4.69) is 20.6 Å².